The van der Waals surface area contributed by atoms with Gasteiger partial charge in [-0.2, -0.15) is 0 Å². The van der Waals surface area contributed by atoms with Crippen LogP contribution in [0, 0.1) is 0 Å². The summed E-state index contributed by atoms with van der Waals surface area (Å²) in [6.45, 7) is 3.02. The van der Waals surface area contributed by atoms with Crippen LogP contribution in [0.3, 0.4) is 0 Å². The molecule has 1 amide bonds. The molecule has 0 unspecified atom stereocenters. The van der Waals surface area contributed by atoms with E-state index in [2.05, 4.69) is 12.2 Å². The van der Waals surface area contributed by atoms with Gasteiger partial charge in [0.25, 0.3) is 0 Å². The van der Waals surface area contributed by atoms with Gasteiger partial charge in [0.2, 0.25) is 5.91 Å². The van der Waals surface area contributed by atoms with E-state index in [1.165, 1.54) is 115 Å². The monoisotopic (exact) mass is 459 g/mol. The van der Waals surface area contributed by atoms with Gasteiger partial charge in [0.1, 0.15) is 5.75 Å². The van der Waals surface area contributed by atoms with Crippen LogP contribution in [0.25, 0.3) is 0 Å². The zero-order valence-electron chi connectivity index (χ0n) is 21.7. The minimum atomic E-state index is 0.192. The molecule has 0 aliphatic carbocycles. The molecule has 33 heavy (non-hydrogen) atoms. The molecule has 0 bridgehead atoms. The van der Waals surface area contributed by atoms with E-state index in [0.29, 0.717) is 12.2 Å². The highest BCUT2D eigenvalue weighted by molar-refractivity contribution is 5.75. The molecule has 2 N–H and O–H groups in total. The van der Waals surface area contributed by atoms with Crippen LogP contribution in [0.1, 0.15) is 141 Å². The first-order valence-corrected chi connectivity index (χ1v) is 14.3. The van der Waals surface area contributed by atoms with Crippen molar-refractivity contribution in [3.8, 4) is 5.75 Å². The van der Waals surface area contributed by atoms with Gasteiger partial charge in [0, 0.05) is 13.0 Å². The molecule has 190 valence electrons. The molecule has 0 aliphatic heterocycles. The van der Waals surface area contributed by atoms with E-state index in [-0.39, 0.29) is 5.91 Å². The Hall–Kier alpha value is -1.51. The zero-order chi connectivity index (χ0) is 23.8. The van der Waals surface area contributed by atoms with Crippen molar-refractivity contribution in [1.82, 2.24) is 5.32 Å². The topological polar surface area (TPSA) is 49.3 Å². The van der Waals surface area contributed by atoms with E-state index in [1.807, 2.05) is 12.1 Å². The molecule has 1 rings (SSSR count). The van der Waals surface area contributed by atoms with Crippen molar-refractivity contribution >= 4 is 5.91 Å². The summed E-state index contributed by atoms with van der Waals surface area (Å²) in [5.41, 5.74) is 1.20. The lowest BCUT2D eigenvalue weighted by Gasteiger charge is -2.06. The van der Waals surface area contributed by atoms with Crippen molar-refractivity contribution in [2.24, 2.45) is 0 Å². The number of aromatic hydroxyl groups is 1. The Balaban J connectivity index is 1.74. The summed E-state index contributed by atoms with van der Waals surface area (Å²) in [5, 5.41) is 12.3. The summed E-state index contributed by atoms with van der Waals surface area (Å²) in [6, 6.07) is 7.31. The van der Waals surface area contributed by atoms with E-state index in [9.17, 15) is 9.90 Å². The number of benzene rings is 1. The second-order valence-corrected chi connectivity index (χ2v) is 9.88. The van der Waals surface area contributed by atoms with Crippen molar-refractivity contribution in [2.75, 3.05) is 6.54 Å². The SMILES string of the molecule is CCCCCCCCCCCCCCCCCCCCC(=O)NCCCc1ccc(O)cc1. The Morgan fingerprint density at radius 1 is 0.636 bits per heavy atom. The van der Waals surface area contributed by atoms with Gasteiger partial charge in [0.15, 0.2) is 0 Å². The number of phenols is 1. The first kappa shape index (κ1) is 29.5. The number of carbonyl (C=O) groups excluding carboxylic acids is 1. The van der Waals surface area contributed by atoms with Gasteiger partial charge in [-0.15, -0.1) is 0 Å². The van der Waals surface area contributed by atoms with Gasteiger partial charge in [0.05, 0.1) is 0 Å². The van der Waals surface area contributed by atoms with Crippen LogP contribution in [0.5, 0.6) is 5.75 Å². The third-order valence-corrected chi connectivity index (χ3v) is 6.66. The van der Waals surface area contributed by atoms with Crippen molar-refractivity contribution in [2.45, 2.75) is 142 Å². The highest BCUT2D eigenvalue weighted by Crippen LogP contribution is 2.15. The maximum atomic E-state index is 11.9. The molecule has 0 atom stereocenters. The maximum Gasteiger partial charge on any atom is 0.219 e. The van der Waals surface area contributed by atoms with Crippen LogP contribution in [-0.4, -0.2) is 17.6 Å². The number of unbranched alkanes of at least 4 members (excludes halogenated alkanes) is 17. The summed E-state index contributed by atoms with van der Waals surface area (Å²) in [4.78, 5) is 11.9. The third kappa shape index (κ3) is 19.6. The van der Waals surface area contributed by atoms with Crippen LogP contribution in [0.15, 0.2) is 24.3 Å². The lowest BCUT2D eigenvalue weighted by atomic mass is 10.0. The fraction of sp³-hybridized carbons (Fsp3) is 0.767. The van der Waals surface area contributed by atoms with Crippen LogP contribution in [-0.2, 0) is 11.2 Å². The van der Waals surface area contributed by atoms with Crippen LogP contribution in [0.4, 0.5) is 0 Å². The van der Waals surface area contributed by atoms with Crippen LogP contribution in [0.2, 0.25) is 0 Å². The number of amides is 1. The van der Waals surface area contributed by atoms with Crippen LogP contribution >= 0.6 is 0 Å². The number of rotatable bonds is 23. The standard InChI is InChI=1S/C30H53NO2/c1-2-3-4-5-6-7-8-9-10-11-12-13-14-15-16-17-18-19-22-30(33)31-27-20-21-28-23-25-29(32)26-24-28/h23-26,32H,2-22,27H2,1H3,(H,31,33). The number of nitrogens with one attached hydrogen (secondary N) is 1. The molecule has 0 aliphatic rings. The Morgan fingerprint density at radius 3 is 1.52 bits per heavy atom. The predicted octanol–water partition coefficient (Wildman–Crippen LogP) is 8.87. The van der Waals surface area contributed by atoms with E-state index < -0.39 is 0 Å². The molecule has 0 saturated heterocycles. The molecular weight excluding hydrogens is 406 g/mol. The van der Waals surface area contributed by atoms with Gasteiger partial charge in [-0.3, -0.25) is 4.79 Å². The fourth-order valence-corrected chi connectivity index (χ4v) is 4.46. The quantitative estimate of drug-likeness (QED) is 0.160. The predicted molar refractivity (Wildman–Crippen MR) is 143 cm³/mol. The van der Waals surface area contributed by atoms with Crippen molar-refractivity contribution in [3.63, 3.8) is 0 Å². The number of aryl methyl sites for hydroxylation is 1. The summed E-state index contributed by atoms with van der Waals surface area (Å²) in [5.74, 6) is 0.494. The highest BCUT2D eigenvalue weighted by atomic mass is 16.3. The van der Waals surface area contributed by atoms with Gasteiger partial charge in [-0.1, -0.05) is 128 Å². The third-order valence-electron chi connectivity index (χ3n) is 6.66. The second-order valence-electron chi connectivity index (χ2n) is 9.88. The van der Waals surface area contributed by atoms with Gasteiger partial charge in [-0.05, 0) is 37.0 Å². The summed E-state index contributed by atoms with van der Waals surface area (Å²) < 4.78 is 0. The van der Waals surface area contributed by atoms with E-state index >= 15 is 0 Å². The molecule has 0 aromatic heterocycles. The van der Waals surface area contributed by atoms with E-state index in [0.717, 1.165) is 25.8 Å². The second kappa shape index (κ2) is 22.3. The van der Waals surface area contributed by atoms with E-state index in [1.54, 1.807) is 12.1 Å². The number of hydrogen-bond acceptors (Lipinski definition) is 2. The maximum absolute atomic E-state index is 11.9. The Bertz CT molecular complexity index is 555. The minimum Gasteiger partial charge on any atom is -0.508 e. The molecule has 1 aromatic carbocycles. The Labute approximate surface area is 205 Å². The molecule has 0 radical (unpaired) electrons. The lowest BCUT2D eigenvalue weighted by Crippen LogP contribution is -2.24. The molecule has 3 nitrogen and oxygen atoms in total. The van der Waals surface area contributed by atoms with Gasteiger partial charge >= 0.3 is 0 Å². The first-order valence-electron chi connectivity index (χ1n) is 14.3. The minimum absolute atomic E-state index is 0.192. The number of hydrogen-bond donors (Lipinski definition) is 2. The van der Waals surface area contributed by atoms with Crippen molar-refractivity contribution < 1.29 is 9.90 Å². The summed E-state index contributed by atoms with van der Waals surface area (Å²) in [6.07, 6.45) is 27.2. The first-order chi connectivity index (χ1) is 16.2. The Kier molecular flexibility index (Phi) is 19.9. The molecule has 3 heteroatoms. The lowest BCUT2D eigenvalue weighted by molar-refractivity contribution is -0.121. The number of carbonyl (C=O) groups is 1. The molecule has 0 heterocycles. The van der Waals surface area contributed by atoms with Crippen molar-refractivity contribution in [1.29, 1.82) is 0 Å². The normalized spacial score (nSPS) is 11.1. The highest BCUT2D eigenvalue weighted by Gasteiger charge is 2.01. The van der Waals surface area contributed by atoms with Crippen molar-refractivity contribution in [3.05, 3.63) is 29.8 Å². The zero-order valence-corrected chi connectivity index (χ0v) is 21.7. The Morgan fingerprint density at radius 2 is 1.06 bits per heavy atom. The summed E-state index contributed by atoms with van der Waals surface area (Å²) >= 11 is 0. The van der Waals surface area contributed by atoms with Crippen LogP contribution < -0.4 is 5.32 Å². The summed E-state index contributed by atoms with van der Waals surface area (Å²) in [7, 11) is 0. The fourth-order valence-electron chi connectivity index (χ4n) is 4.46. The van der Waals surface area contributed by atoms with Gasteiger partial charge < -0.3 is 10.4 Å². The average Bonchev–Trinajstić information content (AvgIpc) is 2.82. The van der Waals surface area contributed by atoms with E-state index in [4.69, 9.17) is 0 Å². The molecular formula is C30H53NO2. The largest absolute Gasteiger partial charge is 0.508 e. The van der Waals surface area contributed by atoms with Gasteiger partial charge in [-0.25, -0.2) is 0 Å². The molecule has 0 fully saturated rings. The average molecular weight is 460 g/mol. The smallest absolute Gasteiger partial charge is 0.219 e. The number of phenolic OH excluding ortho intramolecular Hbond substituents is 1. The molecule has 0 saturated carbocycles. The molecule has 1 aromatic rings. The molecule has 0 spiro atoms.